The summed E-state index contributed by atoms with van der Waals surface area (Å²) >= 11 is 0. The van der Waals surface area contributed by atoms with E-state index in [9.17, 15) is 23.2 Å². The molecule has 0 aliphatic carbocycles. The number of rotatable bonds is 4. The van der Waals surface area contributed by atoms with Gasteiger partial charge in [-0.3, -0.25) is 10.1 Å². The van der Waals surface area contributed by atoms with Crippen molar-refractivity contribution < 1.29 is 27.9 Å². The number of nitrogens with one attached hydrogen (secondary N) is 2. The maximum Gasteiger partial charge on any atom is 0.342 e. The average Bonchev–Trinajstić information content (AvgIpc) is 2.59. The summed E-state index contributed by atoms with van der Waals surface area (Å²) in [4.78, 5) is 35.7. The van der Waals surface area contributed by atoms with Crippen LogP contribution < -0.4 is 10.6 Å². The molecule has 0 aliphatic rings. The van der Waals surface area contributed by atoms with E-state index in [0.717, 1.165) is 12.1 Å². The van der Waals surface area contributed by atoms with Gasteiger partial charge in [-0.15, -0.1) is 0 Å². The van der Waals surface area contributed by atoms with Crippen molar-refractivity contribution in [2.75, 3.05) is 7.05 Å². The fourth-order valence-corrected chi connectivity index (χ4v) is 1.97. The van der Waals surface area contributed by atoms with E-state index in [1.165, 1.54) is 19.2 Å². The topological polar surface area (TPSA) is 84.5 Å². The molecule has 1 atom stereocenters. The fraction of sp³-hybridized carbons (Fsp3) is 0.118. The van der Waals surface area contributed by atoms with Crippen LogP contribution in [0.2, 0.25) is 0 Å². The van der Waals surface area contributed by atoms with Crippen molar-refractivity contribution in [3.05, 3.63) is 71.3 Å². The molecule has 0 aliphatic heterocycles. The number of hydrogen-bond acceptors (Lipinski definition) is 4. The highest BCUT2D eigenvalue weighted by Crippen LogP contribution is 2.21. The molecular formula is C17H14F2N2O4. The highest BCUT2D eigenvalue weighted by Gasteiger charge is 2.28. The molecule has 2 rings (SSSR count). The van der Waals surface area contributed by atoms with E-state index in [-0.39, 0.29) is 5.56 Å². The quantitative estimate of drug-likeness (QED) is 0.831. The van der Waals surface area contributed by atoms with Crippen molar-refractivity contribution in [3.63, 3.8) is 0 Å². The Morgan fingerprint density at radius 3 is 2.32 bits per heavy atom. The molecule has 0 radical (unpaired) electrons. The number of ether oxygens (including phenoxy) is 1. The van der Waals surface area contributed by atoms with Crippen molar-refractivity contribution in [3.8, 4) is 0 Å². The van der Waals surface area contributed by atoms with E-state index >= 15 is 0 Å². The number of esters is 1. The third-order valence-electron chi connectivity index (χ3n) is 3.18. The van der Waals surface area contributed by atoms with Gasteiger partial charge >= 0.3 is 12.0 Å². The normalized spacial score (nSPS) is 11.3. The molecule has 2 aromatic rings. The third kappa shape index (κ3) is 4.60. The molecule has 2 N–H and O–H groups in total. The maximum absolute atomic E-state index is 13.7. The molecule has 6 nitrogen and oxygen atoms in total. The molecule has 0 fully saturated rings. The minimum Gasteiger partial charge on any atom is -0.444 e. The first kappa shape index (κ1) is 18.1. The Morgan fingerprint density at radius 1 is 1.04 bits per heavy atom. The van der Waals surface area contributed by atoms with Gasteiger partial charge in [0.15, 0.2) is 0 Å². The molecule has 0 saturated heterocycles. The lowest BCUT2D eigenvalue weighted by atomic mass is 10.1. The van der Waals surface area contributed by atoms with Crippen molar-refractivity contribution in [2.45, 2.75) is 6.10 Å². The zero-order chi connectivity index (χ0) is 18.4. The summed E-state index contributed by atoms with van der Waals surface area (Å²) in [7, 11) is 1.31. The Labute approximate surface area is 141 Å². The Bertz CT molecular complexity index is 796. The lowest BCUT2D eigenvalue weighted by molar-refractivity contribution is -0.129. The van der Waals surface area contributed by atoms with Gasteiger partial charge in [0.25, 0.3) is 5.91 Å². The van der Waals surface area contributed by atoms with Crippen LogP contribution in [-0.4, -0.2) is 25.0 Å². The first-order valence-electron chi connectivity index (χ1n) is 7.16. The number of carbonyl (C=O) groups is 3. The second kappa shape index (κ2) is 8.00. The van der Waals surface area contributed by atoms with Crippen LogP contribution in [-0.2, 0) is 9.53 Å². The number of hydrogen-bond donors (Lipinski definition) is 2. The summed E-state index contributed by atoms with van der Waals surface area (Å²) in [5.74, 6) is -4.06. The van der Waals surface area contributed by atoms with E-state index in [4.69, 9.17) is 4.74 Å². The molecule has 2 aromatic carbocycles. The second-order valence-electron chi connectivity index (χ2n) is 4.89. The van der Waals surface area contributed by atoms with Crippen LogP contribution >= 0.6 is 0 Å². The Kier molecular flexibility index (Phi) is 5.78. The SMILES string of the molecule is CNC(=O)NC(=O)[C@@H](OC(=O)c1ccc(F)cc1F)c1ccccc1. The van der Waals surface area contributed by atoms with Crippen LogP contribution in [0, 0.1) is 11.6 Å². The smallest absolute Gasteiger partial charge is 0.342 e. The Morgan fingerprint density at radius 2 is 1.72 bits per heavy atom. The second-order valence-corrected chi connectivity index (χ2v) is 4.89. The van der Waals surface area contributed by atoms with Gasteiger partial charge in [-0.05, 0) is 12.1 Å². The Balaban J connectivity index is 2.28. The van der Waals surface area contributed by atoms with Gasteiger partial charge in [0, 0.05) is 18.7 Å². The van der Waals surface area contributed by atoms with E-state index in [0.29, 0.717) is 6.07 Å². The summed E-state index contributed by atoms with van der Waals surface area (Å²) in [6, 6.07) is 9.41. The van der Waals surface area contributed by atoms with Gasteiger partial charge in [0.1, 0.15) is 11.6 Å². The molecule has 0 unspecified atom stereocenters. The zero-order valence-corrected chi connectivity index (χ0v) is 13.1. The van der Waals surface area contributed by atoms with E-state index in [1.54, 1.807) is 18.2 Å². The molecule has 0 spiro atoms. The minimum atomic E-state index is -1.49. The molecule has 25 heavy (non-hydrogen) atoms. The summed E-state index contributed by atoms with van der Waals surface area (Å²) in [6.45, 7) is 0. The largest absolute Gasteiger partial charge is 0.444 e. The predicted octanol–water partition coefficient (Wildman–Crippen LogP) is 2.32. The van der Waals surface area contributed by atoms with Crippen LogP contribution in [0.1, 0.15) is 22.0 Å². The molecule has 8 heteroatoms. The number of amides is 3. The van der Waals surface area contributed by atoms with Crippen LogP contribution in [0.25, 0.3) is 0 Å². The lowest BCUT2D eigenvalue weighted by Crippen LogP contribution is -2.41. The van der Waals surface area contributed by atoms with Crippen molar-refractivity contribution >= 4 is 17.9 Å². The first-order valence-corrected chi connectivity index (χ1v) is 7.16. The van der Waals surface area contributed by atoms with E-state index < -0.39 is 41.2 Å². The summed E-state index contributed by atoms with van der Waals surface area (Å²) in [5.41, 5.74) is -0.255. The molecule has 0 heterocycles. The average molecular weight is 348 g/mol. The monoisotopic (exact) mass is 348 g/mol. The Hall–Kier alpha value is -3.29. The summed E-state index contributed by atoms with van der Waals surface area (Å²) < 4.78 is 31.7. The van der Waals surface area contributed by atoms with Crippen LogP contribution in [0.3, 0.4) is 0 Å². The van der Waals surface area contributed by atoms with Gasteiger partial charge in [0.2, 0.25) is 6.10 Å². The van der Waals surface area contributed by atoms with Gasteiger partial charge in [0.05, 0.1) is 5.56 Å². The maximum atomic E-state index is 13.7. The van der Waals surface area contributed by atoms with E-state index in [1.807, 2.05) is 5.32 Å². The fourth-order valence-electron chi connectivity index (χ4n) is 1.97. The molecule has 3 amide bonds. The van der Waals surface area contributed by atoms with Crippen LogP contribution in [0.15, 0.2) is 48.5 Å². The van der Waals surface area contributed by atoms with Gasteiger partial charge < -0.3 is 10.1 Å². The van der Waals surface area contributed by atoms with Crippen molar-refractivity contribution in [1.29, 1.82) is 0 Å². The summed E-state index contributed by atoms with van der Waals surface area (Å²) in [5, 5.41) is 4.18. The van der Waals surface area contributed by atoms with Crippen molar-refractivity contribution in [2.24, 2.45) is 0 Å². The standard InChI is InChI=1S/C17H14F2N2O4/c1-20-17(24)21-15(22)14(10-5-3-2-4-6-10)25-16(23)12-8-7-11(18)9-13(12)19/h2-9,14H,1H3,(H2,20,21,22,24)/t14-/m0/s1. The van der Waals surface area contributed by atoms with Crippen molar-refractivity contribution in [1.82, 2.24) is 10.6 Å². The molecule has 0 aromatic heterocycles. The van der Waals surface area contributed by atoms with Gasteiger partial charge in [-0.2, -0.15) is 0 Å². The van der Waals surface area contributed by atoms with E-state index in [2.05, 4.69) is 5.32 Å². The number of urea groups is 1. The molecular weight excluding hydrogens is 334 g/mol. The number of halogens is 2. The minimum absolute atomic E-state index is 0.278. The van der Waals surface area contributed by atoms with Crippen LogP contribution in [0.4, 0.5) is 13.6 Å². The molecule has 130 valence electrons. The zero-order valence-electron chi connectivity index (χ0n) is 13.1. The predicted molar refractivity (Wildman–Crippen MR) is 83.6 cm³/mol. The number of carbonyl (C=O) groups excluding carboxylic acids is 3. The summed E-state index contributed by atoms with van der Waals surface area (Å²) in [6.07, 6.45) is -1.49. The number of benzene rings is 2. The molecule has 0 bridgehead atoms. The van der Waals surface area contributed by atoms with Gasteiger partial charge in [-0.25, -0.2) is 18.4 Å². The van der Waals surface area contributed by atoms with Gasteiger partial charge in [-0.1, -0.05) is 30.3 Å². The van der Waals surface area contributed by atoms with Crippen LogP contribution in [0.5, 0.6) is 0 Å². The number of imide groups is 1. The lowest BCUT2D eigenvalue weighted by Gasteiger charge is -2.17. The molecule has 0 saturated carbocycles. The first-order chi connectivity index (χ1) is 11.9. The third-order valence-corrected chi connectivity index (χ3v) is 3.18. The highest BCUT2D eigenvalue weighted by molar-refractivity contribution is 5.99. The highest BCUT2D eigenvalue weighted by atomic mass is 19.1.